The normalized spacial score (nSPS) is 14.7. The van der Waals surface area contributed by atoms with E-state index >= 15 is 0 Å². The van der Waals surface area contributed by atoms with Crippen molar-refractivity contribution in [2.75, 3.05) is 26.2 Å². The van der Waals surface area contributed by atoms with Crippen molar-refractivity contribution in [3.8, 4) is 0 Å². The summed E-state index contributed by atoms with van der Waals surface area (Å²) in [7, 11) is 0. The Morgan fingerprint density at radius 1 is 1.00 bits per heavy atom. The Bertz CT molecular complexity index is 462. The highest BCUT2D eigenvalue weighted by molar-refractivity contribution is 14.0. The average molecular weight is 430 g/mol. The van der Waals surface area contributed by atoms with Gasteiger partial charge in [0.25, 0.3) is 0 Å². The molecule has 1 aliphatic heterocycles. The molecule has 1 aromatic carbocycles. The first-order valence-electron chi connectivity index (χ1n) is 8.64. The summed E-state index contributed by atoms with van der Waals surface area (Å²) in [6.07, 6.45) is 4.06. The molecule has 1 heterocycles. The van der Waals surface area contributed by atoms with Gasteiger partial charge in [-0.3, -0.25) is 4.90 Å². The van der Waals surface area contributed by atoms with Crippen molar-refractivity contribution in [2.45, 2.75) is 46.2 Å². The molecule has 2 N–H and O–H groups in total. The third-order valence-corrected chi connectivity index (χ3v) is 4.06. The van der Waals surface area contributed by atoms with Gasteiger partial charge in [0.1, 0.15) is 0 Å². The predicted octanol–water partition coefficient (Wildman–Crippen LogP) is 3.37. The molecule has 0 atom stereocenters. The molecule has 1 fully saturated rings. The highest BCUT2D eigenvalue weighted by Crippen LogP contribution is 2.16. The van der Waals surface area contributed by atoms with Crippen molar-refractivity contribution in [2.24, 2.45) is 4.99 Å². The Balaban J connectivity index is 0.00000264. The number of benzene rings is 1. The van der Waals surface area contributed by atoms with Crippen LogP contribution in [-0.4, -0.2) is 37.0 Å². The molecule has 1 aliphatic rings. The number of nitrogens with zero attached hydrogens (tertiary/aromatic N) is 2. The highest BCUT2D eigenvalue weighted by Gasteiger charge is 2.12. The first-order chi connectivity index (χ1) is 10.8. The maximum absolute atomic E-state index is 4.70. The molecule has 0 aliphatic carbocycles. The lowest BCUT2D eigenvalue weighted by molar-refractivity contribution is 0.220. The third-order valence-electron chi connectivity index (χ3n) is 4.06. The molecular weight excluding hydrogens is 399 g/mol. The summed E-state index contributed by atoms with van der Waals surface area (Å²) in [5.74, 6) is 0.901. The summed E-state index contributed by atoms with van der Waals surface area (Å²) < 4.78 is 0. The van der Waals surface area contributed by atoms with Crippen LogP contribution in [0.2, 0.25) is 0 Å². The standard InChI is InChI=1S/C18H30N4.HI/c1-3-19-18(20-4-2)21-14-16-10-6-7-11-17(16)15-22-12-8-5-9-13-22;/h6-7,10-11H,3-5,8-9,12-15H2,1-2H3,(H2,19,20,21);1H. The molecule has 0 spiro atoms. The Labute approximate surface area is 158 Å². The van der Waals surface area contributed by atoms with E-state index in [2.05, 4.69) is 53.6 Å². The maximum atomic E-state index is 4.70. The minimum Gasteiger partial charge on any atom is -0.357 e. The third kappa shape index (κ3) is 7.08. The monoisotopic (exact) mass is 430 g/mol. The zero-order chi connectivity index (χ0) is 15.6. The van der Waals surface area contributed by atoms with E-state index in [1.54, 1.807) is 0 Å². The van der Waals surface area contributed by atoms with E-state index in [9.17, 15) is 0 Å². The second-order valence-corrected chi connectivity index (χ2v) is 5.83. The van der Waals surface area contributed by atoms with E-state index in [0.717, 1.165) is 32.1 Å². The number of piperidine rings is 1. The molecule has 1 saturated heterocycles. The molecule has 0 saturated carbocycles. The van der Waals surface area contributed by atoms with Crippen LogP contribution in [0.4, 0.5) is 0 Å². The Morgan fingerprint density at radius 3 is 2.22 bits per heavy atom. The second-order valence-electron chi connectivity index (χ2n) is 5.83. The molecule has 4 nitrogen and oxygen atoms in total. The summed E-state index contributed by atoms with van der Waals surface area (Å²) in [5.41, 5.74) is 2.75. The molecule has 0 bridgehead atoms. The zero-order valence-corrected chi connectivity index (χ0v) is 16.8. The number of rotatable bonds is 6. The lowest BCUT2D eigenvalue weighted by Gasteiger charge is -2.27. The molecule has 0 unspecified atom stereocenters. The SMILES string of the molecule is CCNC(=NCc1ccccc1CN1CCCCC1)NCC.I. The predicted molar refractivity (Wildman–Crippen MR) is 109 cm³/mol. The first-order valence-corrected chi connectivity index (χ1v) is 8.64. The Kier molecular flexibility index (Phi) is 10.3. The van der Waals surface area contributed by atoms with E-state index in [0.29, 0.717) is 0 Å². The van der Waals surface area contributed by atoms with Crippen molar-refractivity contribution >= 4 is 29.9 Å². The average Bonchev–Trinajstić information content (AvgIpc) is 2.55. The first kappa shape index (κ1) is 20.2. The van der Waals surface area contributed by atoms with Gasteiger partial charge in [-0.1, -0.05) is 30.7 Å². The van der Waals surface area contributed by atoms with Crippen LogP contribution in [0.15, 0.2) is 29.3 Å². The molecule has 2 rings (SSSR count). The zero-order valence-electron chi connectivity index (χ0n) is 14.5. The Hall–Kier alpha value is -0.820. The van der Waals surface area contributed by atoms with Gasteiger partial charge in [-0.25, -0.2) is 4.99 Å². The van der Waals surface area contributed by atoms with Crippen LogP contribution in [0.1, 0.15) is 44.2 Å². The molecule has 130 valence electrons. The fourth-order valence-electron chi connectivity index (χ4n) is 2.90. The van der Waals surface area contributed by atoms with Crippen molar-refractivity contribution in [3.63, 3.8) is 0 Å². The molecule has 23 heavy (non-hydrogen) atoms. The number of hydrogen-bond donors (Lipinski definition) is 2. The summed E-state index contributed by atoms with van der Waals surface area (Å²) >= 11 is 0. The van der Waals surface area contributed by atoms with Gasteiger partial charge in [-0.2, -0.15) is 0 Å². The van der Waals surface area contributed by atoms with Gasteiger partial charge < -0.3 is 10.6 Å². The highest BCUT2D eigenvalue weighted by atomic mass is 127. The van der Waals surface area contributed by atoms with Crippen LogP contribution < -0.4 is 10.6 Å². The number of nitrogens with one attached hydrogen (secondary N) is 2. The number of guanidine groups is 1. The summed E-state index contributed by atoms with van der Waals surface area (Å²) in [4.78, 5) is 7.27. The molecule has 5 heteroatoms. The fraction of sp³-hybridized carbons (Fsp3) is 0.611. The smallest absolute Gasteiger partial charge is 0.191 e. The Morgan fingerprint density at radius 2 is 1.61 bits per heavy atom. The van der Waals surface area contributed by atoms with Crippen LogP contribution in [0.5, 0.6) is 0 Å². The number of hydrogen-bond acceptors (Lipinski definition) is 2. The van der Waals surface area contributed by atoms with E-state index < -0.39 is 0 Å². The summed E-state index contributed by atoms with van der Waals surface area (Å²) in [5, 5.41) is 6.57. The molecule has 1 aromatic rings. The van der Waals surface area contributed by atoms with Crippen molar-refractivity contribution in [1.29, 1.82) is 0 Å². The van der Waals surface area contributed by atoms with Gasteiger partial charge in [-0.15, -0.1) is 24.0 Å². The van der Waals surface area contributed by atoms with Gasteiger partial charge in [0.15, 0.2) is 5.96 Å². The van der Waals surface area contributed by atoms with Gasteiger partial charge >= 0.3 is 0 Å². The van der Waals surface area contributed by atoms with Gasteiger partial charge in [0, 0.05) is 19.6 Å². The van der Waals surface area contributed by atoms with E-state index in [1.807, 2.05) is 0 Å². The maximum Gasteiger partial charge on any atom is 0.191 e. The molecular formula is C18H31IN4. The van der Waals surface area contributed by atoms with E-state index in [1.165, 1.54) is 43.5 Å². The second kappa shape index (κ2) is 11.7. The topological polar surface area (TPSA) is 39.7 Å². The van der Waals surface area contributed by atoms with Crippen LogP contribution in [-0.2, 0) is 13.1 Å². The van der Waals surface area contributed by atoms with Gasteiger partial charge in [0.05, 0.1) is 6.54 Å². The molecule has 0 aromatic heterocycles. The number of likely N-dealkylation sites (tertiary alicyclic amines) is 1. The minimum absolute atomic E-state index is 0. The van der Waals surface area contributed by atoms with Crippen molar-refractivity contribution in [3.05, 3.63) is 35.4 Å². The van der Waals surface area contributed by atoms with Crippen LogP contribution >= 0.6 is 24.0 Å². The van der Waals surface area contributed by atoms with Crippen LogP contribution in [0.3, 0.4) is 0 Å². The van der Waals surface area contributed by atoms with E-state index in [4.69, 9.17) is 4.99 Å². The quantitative estimate of drug-likeness (QED) is 0.413. The lowest BCUT2D eigenvalue weighted by Crippen LogP contribution is -2.37. The van der Waals surface area contributed by atoms with E-state index in [-0.39, 0.29) is 24.0 Å². The van der Waals surface area contributed by atoms with Crippen molar-refractivity contribution < 1.29 is 0 Å². The minimum atomic E-state index is 0. The summed E-state index contributed by atoms with van der Waals surface area (Å²) in [6, 6.07) is 8.71. The molecule has 0 radical (unpaired) electrons. The van der Waals surface area contributed by atoms with Gasteiger partial charge in [-0.05, 0) is 50.9 Å². The lowest BCUT2D eigenvalue weighted by atomic mass is 10.1. The van der Waals surface area contributed by atoms with Crippen molar-refractivity contribution in [1.82, 2.24) is 15.5 Å². The molecule has 0 amide bonds. The fourth-order valence-corrected chi connectivity index (χ4v) is 2.90. The number of halogens is 1. The van der Waals surface area contributed by atoms with Gasteiger partial charge in [0.2, 0.25) is 0 Å². The summed E-state index contributed by atoms with van der Waals surface area (Å²) in [6.45, 7) is 10.2. The van der Waals surface area contributed by atoms with Crippen LogP contribution in [0, 0.1) is 0 Å². The number of aliphatic imine (C=N–C) groups is 1. The van der Waals surface area contributed by atoms with Crippen LogP contribution in [0.25, 0.3) is 0 Å². The largest absolute Gasteiger partial charge is 0.357 e.